The third-order valence-corrected chi connectivity index (χ3v) is 5.01. The molecular weight excluding hydrogens is 250 g/mol. The van der Waals surface area contributed by atoms with Crippen molar-refractivity contribution in [2.24, 2.45) is 0 Å². The maximum absolute atomic E-state index is 11.3. The molecule has 2 rings (SSSR count). The monoisotopic (exact) mass is 269 g/mol. The fraction of sp³-hybridized carbons (Fsp3) is 0.538. The highest BCUT2D eigenvalue weighted by Crippen LogP contribution is 2.13. The number of hydrogen-bond acceptors (Lipinski definition) is 4. The molecule has 1 unspecified atom stereocenters. The number of nitrogens with one attached hydrogen (secondary N) is 1. The lowest BCUT2D eigenvalue weighted by Crippen LogP contribution is -2.31. The quantitative estimate of drug-likeness (QED) is 0.867. The number of benzene rings is 1. The summed E-state index contributed by atoms with van der Waals surface area (Å²) in [5.41, 5.74) is 1.23. The Balaban J connectivity index is 1.75. The van der Waals surface area contributed by atoms with Crippen LogP contribution in [0.4, 0.5) is 0 Å². The minimum Gasteiger partial charge on any atom is -0.497 e. The van der Waals surface area contributed by atoms with Crippen molar-refractivity contribution in [1.29, 1.82) is 0 Å². The van der Waals surface area contributed by atoms with Crippen LogP contribution in [0, 0.1) is 0 Å². The lowest BCUT2D eigenvalue weighted by atomic mass is 10.1. The molecule has 1 aromatic carbocycles. The Morgan fingerprint density at radius 2 is 2.06 bits per heavy atom. The van der Waals surface area contributed by atoms with E-state index in [1.54, 1.807) is 7.11 Å². The predicted molar refractivity (Wildman–Crippen MR) is 71.8 cm³/mol. The molecule has 18 heavy (non-hydrogen) atoms. The summed E-state index contributed by atoms with van der Waals surface area (Å²) < 4.78 is 27.7. The van der Waals surface area contributed by atoms with Gasteiger partial charge in [-0.3, -0.25) is 0 Å². The molecule has 1 N–H and O–H groups in total. The van der Waals surface area contributed by atoms with Crippen molar-refractivity contribution < 1.29 is 13.2 Å². The molecule has 1 atom stereocenters. The van der Waals surface area contributed by atoms with Gasteiger partial charge in [-0.2, -0.15) is 0 Å². The molecule has 1 aliphatic heterocycles. The van der Waals surface area contributed by atoms with Crippen LogP contribution >= 0.6 is 0 Å². The second-order valence-corrected chi connectivity index (χ2v) is 6.88. The Kier molecular flexibility index (Phi) is 4.24. The van der Waals surface area contributed by atoms with E-state index in [-0.39, 0.29) is 11.8 Å². The van der Waals surface area contributed by atoms with E-state index >= 15 is 0 Å². The van der Waals surface area contributed by atoms with Crippen LogP contribution in [-0.2, 0) is 16.3 Å². The molecule has 1 aromatic rings. The maximum atomic E-state index is 11.3. The van der Waals surface area contributed by atoms with Gasteiger partial charge in [0, 0.05) is 6.04 Å². The molecule has 1 saturated heterocycles. The average Bonchev–Trinajstić information content (AvgIpc) is 2.70. The molecule has 0 bridgehead atoms. The summed E-state index contributed by atoms with van der Waals surface area (Å²) in [7, 11) is -1.13. The zero-order valence-electron chi connectivity index (χ0n) is 10.6. The lowest BCUT2D eigenvalue weighted by molar-refractivity contribution is 0.414. The molecule has 0 aromatic heterocycles. The smallest absolute Gasteiger partial charge is 0.151 e. The van der Waals surface area contributed by atoms with E-state index in [2.05, 4.69) is 5.32 Å². The van der Waals surface area contributed by atoms with Crippen molar-refractivity contribution in [2.45, 2.75) is 18.9 Å². The number of hydrogen-bond donors (Lipinski definition) is 1. The standard InChI is InChI=1S/C13H19NO3S/c1-17-13-4-2-11(3-5-13)6-8-14-12-7-9-18(15,16)10-12/h2-5,12,14H,6-10H2,1H3. The molecular formula is C13H19NO3S. The number of rotatable bonds is 5. The summed E-state index contributed by atoms with van der Waals surface area (Å²) in [6, 6.07) is 8.08. The summed E-state index contributed by atoms with van der Waals surface area (Å²) in [6.45, 7) is 0.812. The van der Waals surface area contributed by atoms with Crippen LogP contribution in [0.25, 0.3) is 0 Å². The fourth-order valence-electron chi connectivity index (χ4n) is 2.17. The molecule has 0 amide bonds. The van der Waals surface area contributed by atoms with E-state index < -0.39 is 9.84 Å². The summed E-state index contributed by atoms with van der Waals surface area (Å²) >= 11 is 0. The zero-order chi connectivity index (χ0) is 13.0. The van der Waals surface area contributed by atoms with Gasteiger partial charge in [0.2, 0.25) is 0 Å². The second kappa shape index (κ2) is 5.71. The van der Waals surface area contributed by atoms with Crippen LogP contribution < -0.4 is 10.1 Å². The van der Waals surface area contributed by atoms with Crippen molar-refractivity contribution >= 4 is 9.84 Å². The Morgan fingerprint density at radius 1 is 1.33 bits per heavy atom. The van der Waals surface area contributed by atoms with Gasteiger partial charge in [-0.15, -0.1) is 0 Å². The molecule has 0 radical (unpaired) electrons. The van der Waals surface area contributed by atoms with Gasteiger partial charge in [0.25, 0.3) is 0 Å². The summed E-state index contributed by atoms with van der Waals surface area (Å²) in [5.74, 6) is 1.47. The zero-order valence-corrected chi connectivity index (χ0v) is 11.4. The van der Waals surface area contributed by atoms with Gasteiger partial charge in [0.15, 0.2) is 9.84 Å². The topological polar surface area (TPSA) is 55.4 Å². The minimum atomic E-state index is -2.78. The van der Waals surface area contributed by atoms with Gasteiger partial charge in [-0.1, -0.05) is 12.1 Å². The van der Waals surface area contributed by atoms with E-state index in [0.29, 0.717) is 5.75 Å². The first kappa shape index (κ1) is 13.4. The maximum Gasteiger partial charge on any atom is 0.151 e. The number of sulfone groups is 1. The van der Waals surface area contributed by atoms with Crippen LogP contribution in [0.3, 0.4) is 0 Å². The van der Waals surface area contributed by atoms with Crippen molar-refractivity contribution in [3.8, 4) is 5.75 Å². The molecule has 4 nitrogen and oxygen atoms in total. The number of ether oxygens (including phenoxy) is 1. The van der Waals surface area contributed by atoms with Gasteiger partial charge in [-0.05, 0) is 37.1 Å². The number of methoxy groups -OCH3 is 1. The van der Waals surface area contributed by atoms with E-state index in [9.17, 15) is 8.42 Å². The average molecular weight is 269 g/mol. The highest BCUT2D eigenvalue weighted by molar-refractivity contribution is 7.91. The van der Waals surface area contributed by atoms with Gasteiger partial charge in [0.1, 0.15) is 5.75 Å². The highest BCUT2D eigenvalue weighted by Gasteiger charge is 2.26. The van der Waals surface area contributed by atoms with Crippen LogP contribution in [0.2, 0.25) is 0 Å². The third kappa shape index (κ3) is 3.71. The molecule has 0 spiro atoms. The molecule has 1 aliphatic rings. The van der Waals surface area contributed by atoms with E-state index in [1.165, 1.54) is 5.56 Å². The molecule has 0 saturated carbocycles. The van der Waals surface area contributed by atoms with Crippen molar-refractivity contribution in [3.05, 3.63) is 29.8 Å². The normalized spacial score (nSPS) is 21.9. The van der Waals surface area contributed by atoms with Crippen LogP contribution in [0.5, 0.6) is 5.75 Å². The first-order valence-corrected chi connectivity index (χ1v) is 7.98. The molecule has 100 valence electrons. The summed E-state index contributed by atoms with van der Waals surface area (Å²) in [6.07, 6.45) is 1.64. The Hall–Kier alpha value is -1.07. The van der Waals surface area contributed by atoms with Crippen LogP contribution in [0.1, 0.15) is 12.0 Å². The van der Waals surface area contributed by atoms with E-state index in [1.807, 2.05) is 24.3 Å². The first-order valence-electron chi connectivity index (χ1n) is 6.16. The predicted octanol–water partition coefficient (Wildman–Crippen LogP) is 1.01. The van der Waals surface area contributed by atoms with Crippen molar-refractivity contribution in [2.75, 3.05) is 25.2 Å². The van der Waals surface area contributed by atoms with Gasteiger partial charge in [-0.25, -0.2) is 8.42 Å². The summed E-state index contributed by atoms with van der Waals surface area (Å²) in [5, 5.41) is 3.30. The van der Waals surface area contributed by atoms with Gasteiger partial charge < -0.3 is 10.1 Å². The second-order valence-electron chi connectivity index (χ2n) is 4.65. The Bertz CT molecular complexity index is 481. The molecule has 5 heteroatoms. The van der Waals surface area contributed by atoms with Gasteiger partial charge >= 0.3 is 0 Å². The highest BCUT2D eigenvalue weighted by atomic mass is 32.2. The fourth-order valence-corrected chi connectivity index (χ4v) is 3.88. The van der Waals surface area contributed by atoms with Crippen LogP contribution in [-0.4, -0.2) is 39.6 Å². The van der Waals surface area contributed by atoms with Crippen LogP contribution in [0.15, 0.2) is 24.3 Å². The summed E-state index contributed by atoms with van der Waals surface area (Å²) in [4.78, 5) is 0. The van der Waals surface area contributed by atoms with E-state index in [0.717, 1.165) is 25.1 Å². The van der Waals surface area contributed by atoms with Crippen molar-refractivity contribution in [1.82, 2.24) is 5.32 Å². The van der Waals surface area contributed by atoms with Gasteiger partial charge in [0.05, 0.1) is 18.6 Å². The first-order chi connectivity index (χ1) is 8.59. The molecule has 1 fully saturated rings. The van der Waals surface area contributed by atoms with Crippen molar-refractivity contribution in [3.63, 3.8) is 0 Å². The third-order valence-electron chi connectivity index (χ3n) is 3.24. The minimum absolute atomic E-state index is 0.133. The SMILES string of the molecule is COc1ccc(CCNC2CCS(=O)(=O)C2)cc1. The molecule has 1 heterocycles. The largest absolute Gasteiger partial charge is 0.497 e. The Morgan fingerprint density at radius 3 is 2.61 bits per heavy atom. The Labute approximate surface area is 108 Å². The molecule has 0 aliphatic carbocycles. The van der Waals surface area contributed by atoms with E-state index in [4.69, 9.17) is 4.74 Å². The lowest BCUT2D eigenvalue weighted by Gasteiger charge is -2.10.